The van der Waals surface area contributed by atoms with Gasteiger partial charge >= 0.3 is 0 Å². The van der Waals surface area contributed by atoms with Crippen molar-refractivity contribution in [3.63, 3.8) is 0 Å². The second kappa shape index (κ2) is 8.88. The van der Waals surface area contributed by atoms with E-state index in [-0.39, 0.29) is 5.91 Å². The zero-order valence-electron chi connectivity index (χ0n) is 16.2. The van der Waals surface area contributed by atoms with Crippen LogP contribution in [0, 0.1) is 0 Å². The van der Waals surface area contributed by atoms with Crippen molar-refractivity contribution in [1.29, 1.82) is 0 Å². The SMILES string of the molecule is O=C(N1CCN(CC2CCCO2)CC1)C1(c2ccc(Cl)cc2Cl)CCOCC1. The smallest absolute Gasteiger partial charge is 0.233 e. The molecule has 0 aromatic heterocycles. The van der Waals surface area contributed by atoms with Gasteiger partial charge in [0.1, 0.15) is 0 Å². The standard InChI is InChI=1S/C21H28Cl2N2O3/c22-16-3-4-18(19(23)14-16)21(5-12-27-13-6-21)20(26)25-9-7-24(8-10-25)15-17-2-1-11-28-17/h3-4,14,17H,1-2,5-13,15H2. The Morgan fingerprint density at radius 3 is 2.50 bits per heavy atom. The zero-order valence-corrected chi connectivity index (χ0v) is 17.7. The number of nitrogens with zero attached hydrogens (tertiary/aromatic N) is 2. The number of amides is 1. The second-order valence-corrected chi connectivity index (χ2v) is 8.89. The van der Waals surface area contributed by atoms with Crippen molar-refractivity contribution in [2.24, 2.45) is 0 Å². The first-order valence-electron chi connectivity index (χ1n) is 10.3. The van der Waals surface area contributed by atoms with Crippen molar-refractivity contribution in [2.45, 2.75) is 37.2 Å². The van der Waals surface area contributed by atoms with E-state index < -0.39 is 5.41 Å². The molecule has 3 aliphatic rings. The zero-order chi connectivity index (χ0) is 19.6. The molecule has 0 bridgehead atoms. The molecule has 0 N–H and O–H groups in total. The molecular formula is C21H28Cl2N2O3. The van der Waals surface area contributed by atoms with E-state index in [2.05, 4.69) is 4.90 Å². The molecule has 1 atom stereocenters. The van der Waals surface area contributed by atoms with Crippen LogP contribution in [-0.2, 0) is 19.7 Å². The van der Waals surface area contributed by atoms with Gasteiger partial charge in [-0.2, -0.15) is 0 Å². The van der Waals surface area contributed by atoms with Gasteiger partial charge in [-0.15, -0.1) is 0 Å². The third kappa shape index (κ3) is 4.19. The summed E-state index contributed by atoms with van der Waals surface area (Å²) >= 11 is 12.6. The molecule has 3 fully saturated rings. The van der Waals surface area contributed by atoms with Gasteiger partial charge in [0.05, 0.1) is 11.5 Å². The van der Waals surface area contributed by atoms with E-state index in [0.29, 0.717) is 42.2 Å². The highest BCUT2D eigenvalue weighted by molar-refractivity contribution is 6.35. The van der Waals surface area contributed by atoms with E-state index in [9.17, 15) is 4.79 Å². The number of carbonyl (C=O) groups is 1. The van der Waals surface area contributed by atoms with E-state index in [1.165, 1.54) is 0 Å². The van der Waals surface area contributed by atoms with E-state index in [1.54, 1.807) is 6.07 Å². The number of hydrogen-bond acceptors (Lipinski definition) is 4. The molecule has 1 unspecified atom stereocenters. The molecule has 0 aliphatic carbocycles. The number of benzene rings is 1. The van der Waals surface area contributed by atoms with Crippen LogP contribution in [0.15, 0.2) is 18.2 Å². The first-order chi connectivity index (χ1) is 13.6. The van der Waals surface area contributed by atoms with Gasteiger partial charge in [0.2, 0.25) is 5.91 Å². The Bertz CT molecular complexity index is 695. The molecule has 3 saturated heterocycles. The summed E-state index contributed by atoms with van der Waals surface area (Å²) < 4.78 is 11.3. The molecule has 28 heavy (non-hydrogen) atoms. The molecule has 0 saturated carbocycles. The maximum Gasteiger partial charge on any atom is 0.233 e. The molecule has 4 rings (SSSR count). The first-order valence-corrected chi connectivity index (χ1v) is 11.0. The fourth-order valence-electron chi connectivity index (χ4n) is 4.71. The number of rotatable bonds is 4. The number of halogens is 2. The lowest BCUT2D eigenvalue weighted by atomic mass is 9.72. The van der Waals surface area contributed by atoms with Crippen molar-refractivity contribution < 1.29 is 14.3 Å². The van der Waals surface area contributed by atoms with Gasteiger partial charge < -0.3 is 14.4 Å². The molecule has 7 heteroatoms. The Balaban J connectivity index is 1.47. The minimum absolute atomic E-state index is 0.178. The second-order valence-electron chi connectivity index (χ2n) is 8.05. The van der Waals surface area contributed by atoms with Crippen LogP contribution in [0.3, 0.4) is 0 Å². The first kappa shape index (κ1) is 20.4. The highest BCUT2D eigenvalue weighted by Gasteiger charge is 2.45. The summed E-state index contributed by atoms with van der Waals surface area (Å²) in [6.45, 7) is 6.30. The third-order valence-electron chi connectivity index (χ3n) is 6.35. The fourth-order valence-corrected chi connectivity index (χ4v) is 5.30. The topological polar surface area (TPSA) is 42.0 Å². The minimum Gasteiger partial charge on any atom is -0.381 e. The van der Waals surface area contributed by atoms with E-state index >= 15 is 0 Å². The number of ether oxygens (including phenoxy) is 2. The quantitative estimate of drug-likeness (QED) is 0.739. The molecule has 5 nitrogen and oxygen atoms in total. The van der Waals surface area contributed by atoms with Gasteiger partial charge in [-0.3, -0.25) is 9.69 Å². The largest absolute Gasteiger partial charge is 0.381 e. The lowest BCUT2D eigenvalue weighted by Gasteiger charge is -2.43. The Morgan fingerprint density at radius 2 is 1.86 bits per heavy atom. The molecule has 154 valence electrons. The molecular weight excluding hydrogens is 399 g/mol. The van der Waals surface area contributed by atoms with Gasteiger partial charge in [-0.05, 0) is 43.4 Å². The van der Waals surface area contributed by atoms with Gasteiger partial charge in [0.15, 0.2) is 0 Å². The maximum atomic E-state index is 13.7. The summed E-state index contributed by atoms with van der Waals surface area (Å²) in [4.78, 5) is 18.1. The minimum atomic E-state index is -0.614. The Labute approximate surface area is 176 Å². The number of piperazine rings is 1. The summed E-state index contributed by atoms with van der Waals surface area (Å²) in [6, 6.07) is 5.48. The van der Waals surface area contributed by atoms with Crippen LogP contribution in [0.2, 0.25) is 10.0 Å². The Morgan fingerprint density at radius 1 is 1.11 bits per heavy atom. The summed E-state index contributed by atoms with van der Waals surface area (Å²) in [6.07, 6.45) is 3.98. The van der Waals surface area contributed by atoms with E-state index in [1.807, 2.05) is 17.0 Å². The van der Waals surface area contributed by atoms with Gasteiger partial charge in [-0.1, -0.05) is 29.3 Å². The van der Waals surface area contributed by atoms with Crippen molar-refractivity contribution in [2.75, 3.05) is 52.5 Å². The van der Waals surface area contributed by atoms with Crippen molar-refractivity contribution in [3.05, 3.63) is 33.8 Å². The van der Waals surface area contributed by atoms with Crippen LogP contribution in [-0.4, -0.2) is 74.4 Å². The van der Waals surface area contributed by atoms with Crippen LogP contribution in [0.4, 0.5) is 0 Å². The average Bonchev–Trinajstić information content (AvgIpc) is 3.21. The lowest BCUT2D eigenvalue weighted by Crippen LogP contribution is -2.56. The number of carbonyl (C=O) groups excluding carboxylic acids is 1. The van der Waals surface area contributed by atoms with Crippen molar-refractivity contribution in [3.8, 4) is 0 Å². The highest BCUT2D eigenvalue weighted by atomic mass is 35.5. The normalized spacial score (nSPS) is 25.8. The Kier molecular flexibility index (Phi) is 6.48. The molecule has 3 heterocycles. The van der Waals surface area contributed by atoms with Crippen LogP contribution < -0.4 is 0 Å². The third-order valence-corrected chi connectivity index (χ3v) is 6.90. The van der Waals surface area contributed by atoms with Crippen LogP contribution >= 0.6 is 23.2 Å². The Hall–Kier alpha value is -0.850. The average molecular weight is 427 g/mol. The maximum absolute atomic E-state index is 13.7. The molecule has 1 aromatic rings. The van der Waals surface area contributed by atoms with Crippen LogP contribution in [0.25, 0.3) is 0 Å². The highest BCUT2D eigenvalue weighted by Crippen LogP contribution is 2.41. The van der Waals surface area contributed by atoms with Crippen molar-refractivity contribution >= 4 is 29.1 Å². The van der Waals surface area contributed by atoms with Crippen LogP contribution in [0.1, 0.15) is 31.2 Å². The fraction of sp³-hybridized carbons (Fsp3) is 0.667. The van der Waals surface area contributed by atoms with Gasteiger partial charge in [-0.25, -0.2) is 0 Å². The van der Waals surface area contributed by atoms with Gasteiger partial charge in [0.25, 0.3) is 0 Å². The predicted octanol–water partition coefficient (Wildman–Crippen LogP) is 3.36. The summed E-state index contributed by atoms with van der Waals surface area (Å²) in [5.41, 5.74) is 0.269. The molecule has 3 aliphatic heterocycles. The molecule has 1 aromatic carbocycles. The van der Waals surface area contributed by atoms with E-state index in [4.69, 9.17) is 32.7 Å². The van der Waals surface area contributed by atoms with E-state index in [0.717, 1.165) is 57.7 Å². The summed E-state index contributed by atoms with van der Waals surface area (Å²) in [5, 5.41) is 1.16. The summed E-state index contributed by atoms with van der Waals surface area (Å²) in [7, 11) is 0. The monoisotopic (exact) mass is 426 g/mol. The van der Waals surface area contributed by atoms with Gasteiger partial charge in [0, 0.05) is 62.6 Å². The predicted molar refractivity (Wildman–Crippen MR) is 110 cm³/mol. The molecule has 0 spiro atoms. The molecule has 1 amide bonds. The molecule has 0 radical (unpaired) electrons. The summed E-state index contributed by atoms with van der Waals surface area (Å²) in [5.74, 6) is 0.178. The lowest BCUT2D eigenvalue weighted by molar-refractivity contribution is -0.143. The van der Waals surface area contributed by atoms with Crippen molar-refractivity contribution in [1.82, 2.24) is 9.80 Å². The number of hydrogen-bond donors (Lipinski definition) is 0. The van der Waals surface area contributed by atoms with Crippen LogP contribution in [0.5, 0.6) is 0 Å².